The Kier molecular flexibility index (Phi) is 4.86. The zero-order valence-electron chi connectivity index (χ0n) is 10.5. The van der Waals surface area contributed by atoms with Crippen molar-refractivity contribution >= 4 is 27.5 Å². The van der Waals surface area contributed by atoms with Crippen LogP contribution < -0.4 is 10.5 Å². The number of benzene rings is 2. The van der Waals surface area contributed by atoms with E-state index in [0.717, 1.165) is 15.8 Å². The van der Waals surface area contributed by atoms with Crippen LogP contribution in [0.5, 0.6) is 5.75 Å². The Morgan fingerprint density at radius 3 is 2.53 bits per heavy atom. The molecule has 0 aliphatic rings. The van der Waals surface area contributed by atoms with Crippen molar-refractivity contribution in [2.24, 2.45) is 5.73 Å². The smallest absolute Gasteiger partial charge is 0.138 e. The van der Waals surface area contributed by atoms with Crippen LogP contribution in [0.1, 0.15) is 18.6 Å². The van der Waals surface area contributed by atoms with Gasteiger partial charge in [-0.05, 0) is 42.8 Å². The molecule has 0 amide bonds. The van der Waals surface area contributed by atoms with Crippen molar-refractivity contribution in [3.05, 3.63) is 63.6 Å². The summed E-state index contributed by atoms with van der Waals surface area (Å²) in [6.45, 7) is 1.93. The molecular weight excluding hydrogens is 326 g/mol. The Labute approximate surface area is 126 Å². The van der Waals surface area contributed by atoms with Crippen LogP contribution in [0.4, 0.5) is 0 Å². The lowest BCUT2D eigenvalue weighted by atomic mass is 10.0. The maximum absolute atomic E-state index is 6.03. The molecule has 2 atom stereocenters. The van der Waals surface area contributed by atoms with Crippen LogP contribution in [-0.2, 0) is 0 Å². The van der Waals surface area contributed by atoms with Crippen LogP contribution in [0.25, 0.3) is 0 Å². The van der Waals surface area contributed by atoms with Gasteiger partial charge in [-0.2, -0.15) is 0 Å². The highest BCUT2D eigenvalue weighted by atomic mass is 79.9. The summed E-state index contributed by atoms with van der Waals surface area (Å²) < 4.78 is 6.97. The molecule has 2 unspecified atom stereocenters. The van der Waals surface area contributed by atoms with Gasteiger partial charge in [-0.3, -0.25) is 0 Å². The second-order valence-electron chi connectivity index (χ2n) is 4.41. The molecule has 19 heavy (non-hydrogen) atoms. The van der Waals surface area contributed by atoms with Gasteiger partial charge in [0.05, 0.1) is 0 Å². The van der Waals surface area contributed by atoms with Crippen LogP contribution in [0.2, 0.25) is 5.02 Å². The van der Waals surface area contributed by atoms with Crippen LogP contribution in [0.15, 0.2) is 53.0 Å². The van der Waals surface area contributed by atoms with Gasteiger partial charge in [-0.15, -0.1) is 0 Å². The first-order valence-electron chi connectivity index (χ1n) is 5.99. The Balaban J connectivity index is 2.26. The first-order valence-corrected chi connectivity index (χ1v) is 7.16. The molecule has 0 heterocycles. The fourth-order valence-electron chi connectivity index (χ4n) is 1.85. The van der Waals surface area contributed by atoms with Gasteiger partial charge >= 0.3 is 0 Å². The number of ether oxygens (including phenoxy) is 1. The molecule has 2 N–H and O–H groups in total. The average molecular weight is 341 g/mol. The maximum atomic E-state index is 6.03. The molecule has 0 saturated carbocycles. The molecule has 4 heteroatoms. The van der Waals surface area contributed by atoms with Gasteiger partial charge in [0.1, 0.15) is 11.9 Å². The molecule has 0 aliphatic heterocycles. The van der Waals surface area contributed by atoms with Gasteiger partial charge in [0.2, 0.25) is 0 Å². The van der Waals surface area contributed by atoms with Gasteiger partial charge in [0.25, 0.3) is 0 Å². The van der Waals surface area contributed by atoms with Crippen molar-refractivity contribution in [3.63, 3.8) is 0 Å². The Hall–Kier alpha value is -1.03. The van der Waals surface area contributed by atoms with E-state index in [0.29, 0.717) is 5.02 Å². The van der Waals surface area contributed by atoms with E-state index in [1.54, 1.807) is 6.07 Å². The quantitative estimate of drug-likeness (QED) is 0.885. The van der Waals surface area contributed by atoms with Crippen LogP contribution in [0, 0.1) is 0 Å². The van der Waals surface area contributed by atoms with Gasteiger partial charge in [-0.1, -0.05) is 45.7 Å². The Morgan fingerprint density at radius 2 is 1.89 bits per heavy atom. The van der Waals surface area contributed by atoms with E-state index < -0.39 is 0 Å². The number of hydrogen-bond acceptors (Lipinski definition) is 2. The van der Waals surface area contributed by atoms with E-state index in [1.807, 2.05) is 49.4 Å². The van der Waals surface area contributed by atoms with E-state index in [-0.39, 0.29) is 12.1 Å². The zero-order valence-corrected chi connectivity index (χ0v) is 12.9. The molecule has 0 aromatic heterocycles. The topological polar surface area (TPSA) is 35.2 Å². The highest BCUT2D eigenvalue weighted by Gasteiger charge is 2.18. The van der Waals surface area contributed by atoms with Gasteiger partial charge in [0.15, 0.2) is 0 Å². The molecule has 2 aromatic carbocycles. The van der Waals surface area contributed by atoms with Crippen molar-refractivity contribution in [1.29, 1.82) is 0 Å². The maximum Gasteiger partial charge on any atom is 0.138 e. The molecule has 2 aromatic rings. The molecule has 2 nitrogen and oxygen atoms in total. The molecule has 0 bridgehead atoms. The summed E-state index contributed by atoms with van der Waals surface area (Å²) >= 11 is 9.42. The standard InChI is InChI=1S/C15H15BrClNO/c1-10(18)15(11-4-2-5-12(16)8-11)19-14-7-3-6-13(17)9-14/h2-10,15H,18H2,1H3. The minimum absolute atomic E-state index is 0.131. The first kappa shape index (κ1) is 14.4. The van der Waals surface area contributed by atoms with Crippen LogP contribution in [0.3, 0.4) is 0 Å². The molecule has 0 fully saturated rings. The lowest BCUT2D eigenvalue weighted by molar-refractivity contribution is 0.180. The summed E-state index contributed by atoms with van der Waals surface area (Å²) in [6, 6.07) is 15.2. The fourth-order valence-corrected chi connectivity index (χ4v) is 2.45. The molecule has 0 radical (unpaired) electrons. The first-order chi connectivity index (χ1) is 9.06. The van der Waals surface area contributed by atoms with Crippen molar-refractivity contribution in [2.75, 3.05) is 0 Å². The normalized spacial score (nSPS) is 13.9. The van der Waals surface area contributed by atoms with E-state index in [1.165, 1.54) is 0 Å². The largest absolute Gasteiger partial charge is 0.484 e. The minimum Gasteiger partial charge on any atom is -0.484 e. The minimum atomic E-state index is -0.212. The van der Waals surface area contributed by atoms with E-state index in [4.69, 9.17) is 22.1 Å². The van der Waals surface area contributed by atoms with Crippen molar-refractivity contribution in [3.8, 4) is 5.75 Å². The highest BCUT2D eigenvalue weighted by molar-refractivity contribution is 9.10. The summed E-state index contributed by atoms with van der Waals surface area (Å²) in [5.74, 6) is 0.717. The molecule has 100 valence electrons. The Bertz CT molecular complexity index is 559. The van der Waals surface area contributed by atoms with Crippen molar-refractivity contribution < 1.29 is 4.74 Å². The van der Waals surface area contributed by atoms with E-state index >= 15 is 0 Å². The SMILES string of the molecule is CC(N)C(Oc1cccc(Cl)c1)c1cccc(Br)c1. The number of hydrogen-bond donors (Lipinski definition) is 1. The number of rotatable bonds is 4. The third-order valence-corrected chi connectivity index (χ3v) is 3.44. The molecular formula is C15H15BrClNO. The van der Waals surface area contributed by atoms with E-state index in [2.05, 4.69) is 15.9 Å². The highest BCUT2D eigenvalue weighted by Crippen LogP contribution is 2.27. The van der Waals surface area contributed by atoms with E-state index in [9.17, 15) is 0 Å². The third kappa shape index (κ3) is 3.96. The summed E-state index contributed by atoms with van der Waals surface area (Å²) in [4.78, 5) is 0. The monoisotopic (exact) mass is 339 g/mol. The van der Waals surface area contributed by atoms with Crippen molar-refractivity contribution in [1.82, 2.24) is 0 Å². The summed E-state index contributed by atoms with van der Waals surface area (Å²) in [5.41, 5.74) is 7.06. The predicted octanol–water partition coefficient (Wildman–Crippen LogP) is 4.57. The third-order valence-electron chi connectivity index (χ3n) is 2.71. The van der Waals surface area contributed by atoms with Gasteiger partial charge < -0.3 is 10.5 Å². The van der Waals surface area contributed by atoms with Gasteiger partial charge in [-0.25, -0.2) is 0 Å². The summed E-state index contributed by atoms with van der Waals surface area (Å²) in [7, 11) is 0. The second-order valence-corrected chi connectivity index (χ2v) is 5.76. The zero-order chi connectivity index (χ0) is 13.8. The molecule has 0 saturated heterocycles. The summed E-state index contributed by atoms with van der Waals surface area (Å²) in [5, 5.41) is 0.648. The molecule has 2 rings (SSSR count). The number of halogens is 2. The lowest BCUT2D eigenvalue weighted by Crippen LogP contribution is -2.29. The van der Waals surface area contributed by atoms with Gasteiger partial charge in [0, 0.05) is 15.5 Å². The van der Waals surface area contributed by atoms with Crippen LogP contribution in [-0.4, -0.2) is 6.04 Å². The summed E-state index contributed by atoms with van der Waals surface area (Å²) in [6.07, 6.45) is -0.212. The molecule has 0 aliphatic carbocycles. The number of nitrogens with two attached hydrogens (primary N) is 1. The van der Waals surface area contributed by atoms with Crippen molar-refractivity contribution in [2.45, 2.75) is 19.1 Å². The van der Waals surface area contributed by atoms with Crippen LogP contribution >= 0.6 is 27.5 Å². The Morgan fingerprint density at radius 1 is 1.16 bits per heavy atom. The lowest BCUT2D eigenvalue weighted by Gasteiger charge is -2.23. The average Bonchev–Trinajstić information content (AvgIpc) is 2.35. The molecule has 0 spiro atoms. The second kappa shape index (κ2) is 6.42. The predicted molar refractivity (Wildman–Crippen MR) is 82.6 cm³/mol. The fraction of sp³-hybridized carbons (Fsp3) is 0.200.